The normalized spacial score (nSPS) is 21.8. The molecule has 36 heavy (non-hydrogen) atoms. The second-order valence-corrected chi connectivity index (χ2v) is 11.1. The van der Waals surface area contributed by atoms with Gasteiger partial charge in [-0.25, -0.2) is 0 Å². The molecule has 8 heteroatoms. The van der Waals surface area contributed by atoms with Crippen LogP contribution < -0.4 is 9.47 Å². The van der Waals surface area contributed by atoms with E-state index in [9.17, 15) is 9.90 Å². The van der Waals surface area contributed by atoms with Crippen molar-refractivity contribution in [2.75, 3.05) is 46.3 Å². The van der Waals surface area contributed by atoms with Gasteiger partial charge in [0.1, 0.15) is 17.3 Å². The molecular weight excluding hydrogens is 456 g/mol. The molecule has 0 bridgehead atoms. The average Bonchev–Trinajstić information content (AvgIpc) is 2.93. The molecule has 1 aromatic carbocycles. The molecule has 194 valence electrons. The Morgan fingerprint density at radius 1 is 1.11 bits per heavy atom. The van der Waals surface area contributed by atoms with Crippen LogP contribution in [0.15, 0.2) is 36.4 Å². The van der Waals surface area contributed by atoms with Crippen molar-refractivity contribution in [3.8, 4) is 11.8 Å². The van der Waals surface area contributed by atoms with Crippen molar-refractivity contribution in [1.29, 1.82) is 0 Å². The topological polar surface area (TPSA) is 78.4 Å². The van der Waals surface area contributed by atoms with E-state index in [0.717, 1.165) is 45.4 Å². The number of likely N-dealkylation sites (tertiary alicyclic amines) is 1. The largest absolute Gasteiger partial charge is 0.474 e. The number of benzene rings is 1. The second-order valence-electron chi connectivity index (χ2n) is 11.1. The number of aliphatic hydroxyl groups excluding tert-OH is 1. The minimum atomic E-state index is -0.656. The number of ether oxygens (including phenoxy) is 2. The highest BCUT2D eigenvalue weighted by molar-refractivity contribution is 5.97. The van der Waals surface area contributed by atoms with Crippen molar-refractivity contribution in [2.24, 2.45) is 0 Å². The molecule has 8 nitrogen and oxygen atoms in total. The molecule has 1 fully saturated rings. The first-order chi connectivity index (χ1) is 17.3. The Kier molecular flexibility index (Phi) is 7.19. The number of hydrogen-bond donors (Lipinski definition) is 1. The van der Waals surface area contributed by atoms with Gasteiger partial charge >= 0.3 is 0 Å². The number of carbonyl (C=O) groups excluding carboxylic acids is 1. The number of piperidine rings is 1. The van der Waals surface area contributed by atoms with Crippen molar-refractivity contribution in [3.63, 3.8) is 0 Å². The lowest BCUT2D eigenvalue weighted by Crippen LogP contribution is -2.48. The zero-order valence-electron chi connectivity index (χ0n) is 21.7. The third-order valence-electron chi connectivity index (χ3n) is 7.36. The minimum absolute atomic E-state index is 0.120. The summed E-state index contributed by atoms with van der Waals surface area (Å²) >= 11 is 0. The molecule has 0 aliphatic carbocycles. The maximum atomic E-state index is 13.5. The number of aromatic nitrogens is 1. The molecule has 1 saturated heterocycles. The molecule has 0 radical (unpaired) electrons. The van der Waals surface area contributed by atoms with Gasteiger partial charge in [-0.05, 0) is 57.4 Å². The molecule has 1 amide bonds. The van der Waals surface area contributed by atoms with E-state index in [2.05, 4.69) is 46.1 Å². The summed E-state index contributed by atoms with van der Waals surface area (Å²) in [5.41, 5.74) is 2.46. The number of amides is 1. The van der Waals surface area contributed by atoms with Gasteiger partial charge in [0, 0.05) is 45.3 Å². The number of fused-ring (bicyclic) bond motifs is 2. The van der Waals surface area contributed by atoms with Gasteiger partial charge in [0.25, 0.3) is 5.91 Å². The molecule has 3 aliphatic heterocycles. The van der Waals surface area contributed by atoms with E-state index in [-0.39, 0.29) is 18.6 Å². The van der Waals surface area contributed by atoms with E-state index < -0.39 is 11.7 Å². The smallest absolute Gasteiger partial charge is 0.259 e. The summed E-state index contributed by atoms with van der Waals surface area (Å²) in [5, 5.41) is 11.0. The van der Waals surface area contributed by atoms with Crippen molar-refractivity contribution >= 4 is 5.91 Å². The van der Waals surface area contributed by atoms with Gasteiger partial charge in [0.2, 0.25) is 11.8 Å². The predicted octanol–water partition coefficient (Wildman–Crippen LogP) is 2.59. The number of hydrogen-bond acceptors (Lipinski definition) is 7. The molecule has 1 atom stereocenters. The Morgan fingerprint density at radius 2 is 1.86 bits per heavy atom. The highest BCUT2D eigenvalue weighted by Gasteiger charge is 2.36. The Balaban J connectivity index is 1.25. The van der Waals surface area contributed by atoms with Gasteiger partial charge in [-0.2, -0.15) is 4.98 Å². The van der Waals surface area contributed by atoms with Crippen LogP contribution in [0.3, 0.4) is 0 Å². The molecular formula is C28H38N4O4. The molecule has 0 spiro atoms. The maximum Gasteiger partial charge on any atom is 0.259 e. The third kappa shape index (κ3) is 5.82. The first-order valence-corrected chi connectivity index (χ1v) is 13.1. The van der Waals surface area contributed by atoms with Gasteiger partial charge < -0.3 is 24.4 Å². The third-order valence-corrected chi connectivity index (χ3v) is 7.36. The monoisotopic (exact) mass is 494 g/mol. The fourth-order valence-corrected chi connectivity index (χ4v) is 5.47. The van der Waals surface area contributed by atoms with E-state index in [0.29, 0.717) is 30.4 Å². The summed E-state index contributed by atoms with van der Waals surface area (Å²) in [4.78, 5) is 24.3. The summed E-state index contributed by atoms with van der Waals surface area (Å²) in [6.45, 7) is 8.76. The zero-order chi connectivity index (χ0) is 25.3. The minimum Gasteiger partial charge on any atom is -0.474 e. The molecule has 2 aromatic rings. The first kappa shape index (κ1) is 25.0. The van der Waals surface area contributed by atoms with Gasteiger partial charge in [0.15, 0.2) is 0 Å². The van der Waals surface area contributed by atoms with Crippen LogP contribution in [0.4, 0.5) is 0 Å². The van der Waals surface area contributed by atoms with Crippen LogP contribution in [0.25, 0.3) is 0 Å². The van der Waals surface area contributed by atoms with Crippen LogP contribution in [0.5, 0.6) is 11.8 Å². The lowest BCUT2D eigenvalue weighted by Gasteiger charge is -2.33. The summed E-state index contributed by atoms with van der Waals surface area (Å²) < 4.78 is 12.3. The van der Waals surface area contributed by atoms with Crippen LogP contribution in [-0.2, 0) is 13.0 Å². The van der Waals surface area contributed by atoms with E-state index in [1.165, 1.54) is 11.1 Å². The summed E-state index contributed by atoms with van der Waals surface area (Å²) in [6.07, 6.45) is 2.35. The molecule has 4 heterocycles. The molecule has 1 unspecified atom stereocenters. The Labute approximate surface area is 213 Å². The Hall–Kier alpha value is -2.68. The van der Waals surface area contributed by atoms with Crippen molar-refractivity contribution in [2.45, 2.75) is 57.5 Å². The van der Waals surface area contributed by atoms with Crippen molar-refractivity contribution < 1.29 is 19.4 Å². The van der Waals surface area contributed by atoms with Crippen LogP contribution in [0.2, 0.25) is 0 Å². The average molecular weight is 495 g/mol. The van der Waals surface area contributed by atoms with Crippen molar-refractivity contribution in [1.82, 2.24) is 19.7 Å². The Morgan fingerprint density at radius 3 is 2.64 bits per heavy atom. The Bertz CT molecular complexity index is 1080. The number of aliphatic hydroxyl groups is 1. The molecule has 5 rings (SSSR count). The summed E-state index contributed by atoms with van der Waals surface area (Å²) in [7, 11) is 2.12. The fourth-order valence-electron chi connectivity index (χ4n) is 5.47. The number of carbonyl (C=O) groups is 1. The van der Waals surface area contributed by atoms with Crippen LogP contribution in [0, 0.1) is 0 Å². The van der Waals surface area contributed by atoms with E-state index in [1.54, 1.807) is 17.0 Å². The number of rotatable bonds is 6. The van der Waals surface area contributed by atoms with Gasteiger partial charge in [-0.15, -0.1) is 0 Å². The summed E-state index contributed by atoms with van der Waals surface area (Å²) in [6, 6.07) is 12.0. The molecule has 0 saturated carbocycles. The zero-order valence-corrected chi connectivity index (χ0v) is 21.7. The van der Waals surface area contributed by atoms with Crippen LogP contribution >= 0.6 is 0 Å². The molecule has 1 aromatic heterocycles. The lowest BCUT2D eigenvalue weighted by molar-refractivity contribution is 0.0275. The van der Waals surface area contributed by atoms with Gasteiger partial charge in [-0.1, -0.05) is 24.3 Å². The standard InChI is InChI=1S/C28H38N4O4/c1-28(2)19-32(18-22(33)17-31-15-10-20-6-4-5-7-21(20)16-31)27(34)24-8-9-25(29-26(24)36-28)35-23-11-13-30(3)14-12-23/h4-9,22-23,33H,10-19H2,1-3H3. The van der Waals surface area contributed by atoms with E-state index in [1.807, 2.05) is 13.8 Å². The highest BCUT2D eigenvalue weighted by Crippen LogP contribution is 2.31. The molecule has 1 N–H and O–H groups in total. The quantitative estimate of drug-likeness (QED) is 0.661. The van der Waals surface area contributed by atoms with Gasteiger partial charge in [0.05, 0.1) is 12.6 Å². The number of β-amino-alcohol motifs (C(OH)–C–C–N with tert-alkyl or cyclic N) is 1. The van der Waals surface area contributed by atoms with Crippen LogP contribution in [-0.4, -0.2) is 94.8 Å². The first-order valence-electron chi connectivity index (χ1n) is 13.1. The van der Waals surface area contributed by atoms with E-state index in [4.69, 9.17) is 9.47 Å². The van der Waals surface area contributed by atoms with Crippen molar-refractivity contribution in [3.05, 3.63) is 53.1 Å². The summed E-state index contributed by atoms with van der Waals surface area (Å²) in [5.74, 6) is 0.628. The second kappa shape index (κ2) is 10.4. The van der Waals surface area contributed by atoms with Gasteiger partial charge in [-0.3, -0.25) is 9.69 Å². The molecule has 3 aliphatic rings. The highest BCUT2D eigenvalue weighted by atomic mass is 16.5. The lowest BCUT2D eigenvalue weighted by atomic mass is 9.99. The number of pyridine rings is 1. The van der Waals surface area contributed by atoms with E-state index >= 15 is 0 Å². The fraction of sp³-hybridized carbons (Fsp3) is 0.571. The number of nitrogens with zero attached hydrogens (tertiary/aromatic N) is 4. The van der Waals surface area contributed by atoms with Crippen LogP contribution in [0.1, 0.15) is 48.2 Å². The maximum absolute atomic E-state index is 13.5. The predicted molar refractivity (Wildman–Crippen MR) is 137 cm³/mol. The SMILES string of the molecule is CN1CCC(Oc2ccc3c(n2)OC(C)(C)CN(CC(O)CN2CCc4ccccc4C2)C3=O)CC1.